The second-order valence-corrected chi connectivity index (χ2v) is 13.3. The minimum absolute atomic E-state index is 0.0103. The van der Waals surface area contributed by atoms with Gasteiger partial charge in [-0.1, -0.05) is 33.7 Å². The van der Waals surface area contributed by atoms with Gasteiger partial charge in [-0.3, -0.25) is 14.4 Å². The lowest BCUT2D eigenvalue weighted by Gasteiger charge is -2.08. The first kappa shape index (κ1) is 39.4. The van der Waals surface area contributed by atoms with Crippen LogP contribution in [0.1, 0.15) is 51.3 Å². The lowest BCUT2D eigenvalue weighted by molar-refractivity contribution is -0.141. The predicted molar refractivity (Wildman–Crippen MR) is 219 cm³/mol. The first-order valence-corrected chi connectivity index (χ1v) is 18.2. The van der Waals surface area contributed by atoms with Crippen LogP contribution in [0, 0.1) is 0 Å². The van der Waals surface area contributed by atoms with Crippen LogP contribution in [0.2, 0.25) is 0 Å². The average Bonchev–Trinajstić information content (AvgIpc) is 3.77. The molecule has 7 aromatic rings. The Labute approximate surface area is 327 Å². The average molecular weight is 786 g/mol. The number of hydrogen-bond donors (Lipinski definition) is 1. The fourth-order valence-corrected chi connectivity index (χ4v) is 7.28. The fraction of sp³-hybridized carbons (Fsp3) is 0.233. The van der Waals surface area contributed by atoms with Crippen molar-refractivity contribution in [2.24, 2.45) is 15.5 Å². The summed E-state index contributed by atoms with van der Waals surface area (Å²) >= 11 is 0. The molecule has 15 heteroatoms. The van der Waals surface area contributed by atoms with Gasteiger partial charge < -0.3 is 29.1 Å². The first-order valence-electron chi connectivity index (χ1n) is 18.2. The van der Waals surface area contributed by atoms with Crippen molar-refractivity contribution in [1.29, 1.82) is 0 Å². The summed E-state index contributed by atoms with van der Waals surface area (Å²) in [6.45, 7) is 7.11. The number of aliphatic hydroxyl groups is 1. The number of fused-ring (bicyclic) bond motifs is 12. The molecule has 1 N–H and O–H groups in total. The van der Waals surface area contributed by atoms with Gasteiger partial charge in [-0.25, -0.2) is 14.4 Å². The highest BCUT2D eigenvalue weighted by atomic mass is 16.7. The van der Waals surface area contributed by atoms with Gasteiger partial charge in [-0.2, -0.15) is 0 Å². The highest BCUT2D eigenvalue weighted by Crippen LogP contribution is 2.43. The van der Waals surface area contributed by atoms with E-state index in [4.69, 9.17) is 24.0 Å². The standard InChI is InChI=1S/C43H35N3O12/c1-6-54-18-33(45-57-21(4)49)24-9-12-27-30(15-24)37-39(42(27)52)35-29-14-23(32(17-47)44-56-20(3)48)8-11-26(29)41(51)38(35)36-31-16-25(10-13-28(31)43(53)40(36)37)34(19-55-7-2)46-58-22(5)50/h8-16,47H,6-7,17-19H2,1-5H3/b44-32+,45-33-,46-34-. The Hall–Kier alpha value is -6.81. The Morgan fingerprint density at radius 2 is 0.793 bits per heavy atom. The normalized spacial score (nSPS) is 12.8. The minimum Gasteiger partial charge on any atom is -0.390 e. The summed E-state index contributed by atoms with van der Waals surface area (Å²) < 4.78 is 11.2. The molecular formula is C43H35N3O12. The molecule has 0 unspecified atom stereocenters. The molecule has 0 radical (unpaired) electrons. The van der Waals surface area contributed by atoms with E-state index in [0.29, 0.717) is 46.1 Å². The summed E-state index contributed by atoms with van der Waals surface area (Å²) in [6, 6.07) is 14.4. The molecule has 0 aromatic heterocycles. The van der Waals surface area contributed by atoms with Crippen molar-refractivity contribution in [3.8, 4) is 0 Å². The molecule has 15 nitrogen and oxygen atoms in total. The van der Waals surface area contributed by atoms with Gasteiger partial charge in [0.05, 0.1) is 19.8 Å². The van der Waals surface area contributed by atoms with Gasteiger partial charge in [0.2, 0.25) is 0 Å². The second kappa shape index (κ2) is 16.0. The van der Waals surface area contributed by atoms with Crippen LogP contribution in [0.5, 0.6) is 0 Å². The molecule has 58 heavy (non-hydrogen) atoms. The van der Waals surface area contributed by atoms with E-state index >= 15 is 0 Å². The number of hydrogen-bond acceptors (Lipinski definition) is 15. The molecule has 0 aliphatic carbocycles. The van der Waals surface area contributed by atoms with Crippen LogP contribution in [0.3, 0.4) is 0 Å². The van der Waals surface area contributed by atoms with E-state index in [0.717, 1.165) is 6.92 Å². The maximum absolute atomic E-state index is 14.7. The molecule has 0 saturated heterocycles. The zero-order chi connectivity index (χ0) is 41.4. The van der Waals surface area contributed by atoms with Gasteiger partial charge in [0, 0.05) is 99.2 Å². The Bertz CT molecular complexity index is 3020. The van der Waals surface area contributed by atoms with Crippen LogP contribution >= 0.6 is 0 Å². The van der Waals surface area contributed by atoms with Crippen molar-refractivity contribution < 1.29 is 43.5 Å². The number of carbonyl (C=O) groups is 3. The monoisotopic (exact) mass is 785 g/mol. The van der Waals surface area contributed by atoms with Crippen LogP contribution in [-0.2, 0) is 38.4 Å². The number of ether oxygens (including phenoxy) is 2. The van der Waals surface area contributed by atoms with Crippen LogP contribution < -0.4 is 16.3 Å². The third kappa shape index (κ3) is 6.84. The van der Waals surface area contributed by atoms with Crippen LogP contribution in [0.15, 0.2) is 84.4 Å². The number of nitrogens with zero attached hydrogens (tertiary/aromatic N) is 3. The fourth-order valence-electron chi connectivity index (χ4n) is 7.28. The predicted octanol–water partition coefficient (Wildman–Crippen LogP) is 4.87. The van der Waals surface area contributed by atoms with Gasteiger partial charge in [0.1, 0.15) is 17.1 Å². The molecule has 0 heterocycles. The van der Waals surface area contributed by atoms with Gasteiger partial charge in [0.15, 0.2) is 16.3 Å². The Kier molecular flexibility index (Phi) is 10.9. The lowest BCUT2D eigenvalue weighted by atomic mass is 9.97. The molecular weight excluding hydrogens is 750 g/mol. The molecule has 0 aliphatic heterocycles. The number of benzene rings is 4. The summed E-state index contributed by atoms with van der Waals surface area (Å²) in [6.07, 6.45) is 0. The summed E-state index contributed by atoms with van der Waals surface area (Å²) in [5.41, 5.74) is 0.360. The molecule has 294 valence electrons. The van der Waals surface area contributed by atoms with Crippen LogP contribution in [0.4, 0.5) is 0 Å². The summed E-state index contributed by atoms with van der Waals surface area (Å²) in [5, 5.41) is 25.0. The summed E-state index contributed by atoms with van der Waals surface area (Å²) in [5.74, 6) is -2.02. The maximum Gasteiger partial charge on any atom is 0.331 e. The highest BCUT2D eigenvalue weighted by Gasteiger charge is 2.28. The molecule has 0 atom stereocenters. The number of aliphatic hydroxyl groups excluding tert-OH is 1. The van der Waals surface area contributed by atoms with Gasteiger partial charge in [0.25, 0.3) is 0 Å². The van der Waals surface area contributed by atoms with E-state index in [1.54, 1.807) is 56.3 Å². The molecule has 0 fully saturated rings. The quantitative estimate of drug-likeness (QED) is 0.0945. The zero-order valence-electron chi connectivity index (χ0n) is 32.0. The van der Waals surface area contributed by atoms with E-state index in [-0.39, 0.29) is 78.8 Å². The topological polar surface area (TPSA) is 206 Å². The number of oxime groups is 3. The van der Waals surface area contributed by atoms with Gasteiger partial charge >= 0.3 is 17.9 Å². The molecule has 0 amide bonds. The van der Waals surface area contributed by atoms with Gasteiger partial charge in [-0.15, -0.1) is 0 Å². The zero-order valence-corrected chi connectivity index (χ0v) is 32.0. The van der Waals surface area contributed by atoms with Crippen molar-refractivity contribution in [2.75, 3.05) is 33.0 Å². The Balaban J connectivity index is 1.68. The molecule has 0 aliphatic rings. The molecule has 7 rings (SSSR count). The van der Waals surface area contributed by atoms with Crippen LogP contribution in [-0.4, -0.2) is 73.2 Å². The SMILES string of the molecule is CCOC/C(=N/OC(C)=O)c1ccc2c(=O)c3c4c5cc(/C(CO)=N/OC(C)=O)ccc5c(=O)c4c4c5cc(/C(COCC)=N\OC(C)=O)ccc5c(=O)c4c3c2c1. The third-order valence-corrected chi connectivity index (χ3v) is 9.67. The van der Waals surface area contributed by atoms with Crippen molar-refractivity contribution >= 4 is 99.7 Å². The van der Waals surface area contributed by atoms with E-state index in [2.05, 4.69) is 15.5 Å². The Morgan fingerprint density at radius 3 is 1.09 bits per heavy atom. The second-order valence-electron chi connectivity index (χ2n) is 13.3. The summed E-state index contributed by atoms with van der Waals surface area (Å²) in [7, 11) is 0. The molecule has 7 aromatic carbocycles. The van der Waals surface area contributed by atoms with E-state index in [1.165, 1.54) is 26.0 Å². The van der Waals surface area contributed by atoms with E-state index in [9.17, 15) is 33.9 Å². The smallest absolute Gasteiger partial charge is 0.331 e. The molecule has 0 spiro atoms. The Morgan fingerprint density at radius 1 is 0.483 bits per heavy atom. The van der Waals surface area contributed by atoms with Crippen LogP contribution in [0.25, 0.3) is 64.6 Å². The highest BCUT2D eigenvalue weighted by molar-refractivity contribution is 6.43. The number of carbonyl (C=O) groups excluding carboxylic acids is 3. The lowest BCUT2D eigenvalue weighted by Crippen LogP contribution is -2.12. The van der Waals surface area contributed by atoms with Gasteiger partial charge in [-0.05, 0) is 66.4 Å². The van der Waals surface area contributed by atoms with Crippen molar-refractivity contribution in [1.82, 2.24) is 0 Å². The summed E-state index contributed by atoms with van der Waals surface area (Å²) in [4.78, 5) is 93.9. The largest absolute Gasteiger partial charge is 0.390 e. The minimum atomic E-state index is -0.712. The molecule has 0 saturated carbocycles. The molecule has 0 bridgehead atoms. The van der Waals surface area contributed by atoms with Crippen molar-refractivity contribution in [3.05, 3.63) is 102 Å². The first-order chi connectivity index (χ1) is 27.9. The van der Waals surface area contributed by atoms with E-state index in [1.807, 2.05) is 0 Å². The van der Waals surface area contributed by atoms with E-state index < -0.39 is 40.8 Å². The van der Waals surface area contributed by atoms with Crippen molar-refractivity contribution in [2.45, 2.75) is 34.6 Å². The maximum atomic E-state index is 14.7. The number of rotatable bonds is 13. The third-order valence-electron chi connectivity index (χ3n) is 9.67. The van der Waals surface area contributed by atoms with Crippen molar-refractivity contribution in [3.63, 3.8) is 0 Å².